The molecule has 0 radical (unpaired) electrons. The van der Waals surface area contributed by atoms with Gasteiger partial charge >= 0.3 is 6.61 Å². The zero-order chi connectivity index (χ0) is 22.6. The molecule has 1 spiro atoms. The second-order valence-corrected chi connectivity index (χ2v) is 8.57. The number of likely N-dealkylation sites (tertiary alicyclic amines) is 2. The monoisotopic (exact) mass is 445 g/mol. The fraction of sp³-hybridized carbons (Fsp3) is 0.458. The molecule has 0 unspecified atom stereocenters. The standard InChI is InChI=1S/C24H29F2N3O3/c25-23(26)32-20-9-7-19(8-10-20)27-22(31)17-28-14-12-24(21(30)16-28)11-4-13-29(24)15-18-5-2-1-3-6-18/h1-3,5-10,21,23,30H,4,11-17H2,(H,27,31)/t21-,24-/m0/s1. The number of nitrogens with zero attached hydrogens (tertiary/aromatic N) is 2. The number of aliphatic hydroxyl groups excluding tert-OH is 1. The minimum atomic E-state index is -2.88. The maximum atomic E-state index is 12.5. The Morgan fingerprint density at radius 2 is 1.88 bits per heavy atom. The van der Waals surface area contributed by atoms with Gasteiger partial charge in [-0.25, -0.2) is 0 Å². The van der Waals surface area contributed by atoms with Crippen molar-refractivity contribution < 1.29 is 23.4 Å². The zero-order valence-corrected chi connectivity index (χ0v) is 17.9. The summed E-state index contributed by atoms with van der Waals surface area (Å²) in [5, 5.41) is 13.9. The van der Waals surface area contributed by atoms with E-state index in [1.165, 1.54) is 29.8 Å². The molecule has 2 aliphatic rings. The molecule has 0 saturated carbocycles. The lowest BCUT2D eigenvalue weighted by Gasteiger charge is -2.48. The highest BCUT2D eigenvalue weighted by atomic mass is 19.3. The molecular weight excluding hydrogens is 416 g/mol. The molecule has 2 aliphatic heterocycles. The second kappa shape index (κ2) is 9.94. The Bertz CT molecular complexity index is 897. The van der Waals surface area contributed by atoms with Crippen LogP contribution < -0.4 is 10.1 Å². The predicted octanol–water partition coefficient (Wildman–Crippen LogP) is 3.33. The van der Waals surface area contributed by atoms with Crippen LogP contribution in [0.15, 0.2) is 54.6 Å². The molecule has 8 heteroatoms. The number of alkyl halides is 2. The number of carbonyl (C=O) groups is 1. The van der Waals surface area contributed by atoms with E-state index in [0.717, 1.165) is 38.9 Å². The van der Waals surface area contributed by atoms with Crippen molar-refractivity contribution in [3.63, 3.8) is 0 Å². The van der Waals surface area contributed by atoms with Crippen LogP contribution in [-0.2, 0) is 11.3 Å². The number of rotatable bonds is 7. The van der Waals surface area contributed by atoms with Crippen LogP contribution in [0.25, 0.3) is 0 Å². The fourth-order valence-corrected chi connectivity index (χ4v) is 4.95. The van der Waals surface area contributed by atoms with Gasteiger partial charge in [0.1, 0.15) is 5.75 Å². The molecule has 2 N–H and O–H groups in total. The fourth-order valence-electron chi connectivity index (χ4n) is 4.95. The maximum absolute atomic E-state index is 12.5. The Labute approximate surface area is 186 Å². The van der Waals surface area contributed by atoms with E-state index in [1.807, 2.05) is 23.1 Å². The molecule has 0 aromatic heterocycles. The topological polar surface area (TPSA) is 65.0 Å². The molecule has 32 heavy (non-hydrogen) atoms. The van der Waals surface area contributed by atoms with Crippen molar-refractivity contribution in [1.82, 2.24) is 9.80 Å². The van der Waals surface area contributed by atoms with Crippen molar-refractivity contribution in [2.24, 2.45) is 0 Å². The minimum absolute atomic E-state index is 0.0408. The predicted molar refractivity (Wildman–Crippen MR) is 118 cm³/mol. The molecule has 2 aromatic carbocycles. The number of anilines is 1. The Kier molecular flexibility index (Phi) is 7.03. The third-order valence-electron chi connectivity index (χ3n) is 6.53. The lowest BCUT2D eigenvalue weighted by Crippen LogP contribution is -2.61. The first-order valence-corrected chi connectivity index (χ1v) is 11.0. The highest BCUT2D eigenvalue weighted by Crippen LogP contribution is 2.39. The number of nitrogens with one attached hydrogen (secondary N) is 1. The van der Waals surface area contributed by atoms with E-state index < -0.39 is 12.7 Å². The smallest absolute Gasteiger partial charge is 0.387 e. The van der Waals surface area contributed by atoms with E-state index in [0.29, 0.717) is 12.2 Å². The van der Waals surface area contributed by atoms with E-state index >= 15 is 0 Å². The number of carbonyl (C=O) groups excluding carboxylic acids is 1. The van der Waals surface area contributed by atoms with Gasteiger partial charge in [0.25, 0.3) is 0 Å². The lowest BCUT2D eigenvalue weighted by atomic mass is 9.82. The molecule has 2 heterocycles. The summed E-state index contributed by atoms with van der Waals surface area (Å²) in [5.41, 5.74) is 1.52. The molecule has 1 amide bonds. The Morgan fingerprint density at radius 1 is 1.12 bits per heavy atom. The van der Waals surface area contributed by atoms with Crippen LogP contribution in [0, 0.1) is 0 Å². The van der Waals surface area contributed by atoms with Gasteiger partial charge in [-0.15, -0.1) is 0 Å². The van der Waals surface area contributed by atoms with Gasteiger partial charge in [-0.05, 0) is 55.6 Å². The molecule has 2 fully saturated rings. The summed E-state index contributed by atoms with van der Waals surface area (Å²) in [5.74, 6) is -0.165. The number of benzene rings is 2. The lowest BCUT2D eigenvalue weighted by molar-refractivity contribution is -0.120. The molecule has 6 nitrogen and oxygen atoms in total. The molecule has 2 atom stereocenters. The number of ether oxygens (including phenoxy) is 1. The Hall–Kier alpha value is -2.55. The van der Waals surface area contributed by atoms with Crippen molar-refractivity contribution in [1.29, 1.82) is 0 Å². The van der Waals surface area contributed by atoms with Crippen LogP contribution in [0.2, 0.25) is 0 Å². The Balaban J connectivity index is 1.30. The quantitative estimate of drug-likeness (QED) is 0.685. The van der Waals surface area contributed by atoms with Gasteiger partial charge in [0.05, 0.1) is 12.6 Å². The van der Waals surface area contributed by atoms with Crippen molar-refractivity contribution in [2.45, 2.75) is 44.1 Å². The SMILES string of the molecule is O=C(CN1CC[C@@]2(CCCN2Cc2ccccc2)[C@@H](O)C1)Nc1ccc(OC(F)F)cc1. The minimum Gasteiger partial charge on any atom is -0.435 e. The van der Waals surface area contributed by atoms with E-state index in [9.17, 15) is 18.7 Å². The van der Waals surface area contributed by atoms with Crippen LogP contribution in [0.5, 0.6) is 5.75 Å². The number of amides is 1. The van der Waals surface area contributed by atoms with E-state index in [-0.39, 0.29) is 23.7 Å². The normalized spacial score (nSPS) is 24.2. The van der Waals surface area contributed by atoms with E-state index in [1.54, 1.807) is 0 Å². The van der Waals surface area contributed by atoms with Crippen LogP contribution in [0.1, 0.15) is 24.8 Å². The number of aliphatic hydroxyl groups is 1. The number of β-amino-alcohol motifs (C(OH)–C–C–N with tert-alkyl or cyclic N) is 1. The van der Waals surface area contributed by atoms with Gasteiger partial charge in [-0.2, -0.15) is 8.78 Å². The van der Waals surface area contributed by atoms with Crippen LogP contribution >= 0.6 is 0 Å². The zero-order valence-electron chi connectivity index (χ0n) is 17.9. The largest absolute Gasteiger partial charge is 0.435 e. The van der Waals surface area contributed by atoms with E-state index in [4.69, 9.17) is 0 Å². The number of halogens is 2. The summed E-state index contributed by atoms with van der Waals surface area (Å²) in [6.07, 6.45) is 2.32. The van der Waals surface area contributed by atoms with Crippen molar-refractivity contribution in [2.75, 3.05) is 31.5 Å². The number of piperidine rings is 1. The molecule has 0 bridgehead atoms. The maximum Gasteiger partial charge on any atom is 0.387 e. The molecule has 2 saturated heterocycles. The van der Waals surface area contributed by atoms with Crippen LogP contribution in [0.3, 0.4) is 0 Å². The molecular formula is C24H29F2N3O3. The first-order valence-electron chi connectivity index (χ1n) is 11.0. The molecule has 0 aliphatic carbocycles. The Morgan fingerprint density at radius 3 is 2.56 bits per heavy atom. The van der Waals surface area contributed by atoms with Crippen LogP contribution in [-0.4, -0.2) is 65.2 Å². The van der Waals surface area contributed by atoms with Gasteiger partial charge in [-0.3, -0.25) is 14.6 Å². The number of hydrogen-bond acceptors (Lipinski definition) is 5. The van der Waals surface area contributed by atoms with Crippen molar-refractivity contribution in [3.05, 3.63) is 60.2 Å². The van der Waals surface area contributed by atoms with Gasteiger partial charge in [0.2, 0.25) is 5.91 Å². The summed E-state index contributed by atoms with van der Waals surface area (Å²) in [6, 6.07) is 16.1. The third kappa shape index (κ3) is 5.26. The number of hydrogen-bond donors (Lipinski definition) is 2. The average Bonchev–Trinajstić information content (AvgIpc) is 3.16. The summed E-state index contributed by atoms with van der Waals surface area (Å²) in [4.78, 5) is 16.9. The summed E-state index contributed by atoms with van der Waals surface area (Å²) >= 11 is 0. The van der Waals surface area contributed by atoms with Gasteiger partial charge < -0.3 is 15.2 Å². The summed E-state index contributed by atoms with van der Waals surface area (Å²) in [7, 11) is 0. The van der Waals surface area contributed by atoms with Gasteiger partial charge in [0, 0.05) is 30.9 Å². The summed E-state index contributed by atoms with van der Waals surface area (Å²) < 4.78 is 28.8. The highest BCUT2D eigenvalue weighted by Gasteiger charge is 2.49. The first-order chi connectivity index (χ1) is 15.4. The summed E-state index contributed by atoms with van der Waals surface area (Å²) in [6.45, 7) is 0.256. The molecule has 172 valence electrons. The molecule has 4 rings (SSSR count). The third-order valence-corrected chi connectivity index (χ3v) is 6.53. The van der Waals surface area contributed by atoms with Gasteiger partial charge in [0.15, 0.2) is 0 Å². The average molecular weight is 446 g/mol. The highest BCUT2D eigenvalue weighted by molar-refractivity contribution is 5.92. The first kappa shape index (κ1) is 22.6. The molecule has 2 aromatic rings. The van der Waals surface area contributed by atoms with E-state index in [2.05, 4.69) is 27.1 Å². The van der Waals surface area contributed by atoms with Crippen LogP contribution in [0.4, 0.5) is 14.5 Å². The van der Waals surface area contributed by atoms with Gasteiger partial charge in [-0.1, -0.05) is 30.3 Å². The van der Waals surface area contributed by atoms with Crippen molar-refractivity contribution >= 4 is 11.6 Å². The van der Waals surface area contributed by atoms with Crippen molar-refractivity contribution in [3.8, 4) is 5.75 Å². The second-order valence-electron chi connectivity index (χ2n) is 8.57.